The molecule has 0 amide bonds. The fourth-order valence-corrected chi connectivity index (χ4v) is 6.98. The Labute approximate surface area is 260 Å². The Balaban J connectivity index is 1.16. The molecule has 0 unspecified atom stereocenters. The fourth-order valence-electron chi connectivity index (χ4n) is 6.69. The van der Waals surface area contributed by atoms with Gasteiger partial charge in [-0.1, -0.05) is 61.7 Å². The molecule has 2 saturated heterocycles. The number of halogens is 1. The smallest absolute Gasteiger partial charge is 0.232 e. The highest BCUT2D eigenvalue weighted by Crippen LogP contribution is 2.41. The molecule has 0 spiro atoms. The summed E-state index contributed by atoms with van der Waals surface area (Å²) in [6.45, 7) is 8.89. The molecule has 1 aliphatic carbocycles. The Morgan fingerprint density at radius 1 is 0.857 bits per heavy atom. The van der Waals surface area contributed by atoms with E-state index in [0.29, 0.717) is 11.1 Å². The molecule has 1 aromatic heterocycles. The number of benzene rings is 2. The topological polar surface area (TPSA) is 59.6 Å². The Morgan fingerprint density at radius 3 is 2.10 bits per heavy atom. The molecule has 6 rings (SSSR count). The molecular formula is C33H42ClN7S. The Hall–Kier alpha value is -3.10. The van der Waals surface area contributed by atoms with Crippen molar-refractivity contribution in [2.24, 2.45) is 5.92 Å². The maximum Gasteiger partial charge on any atom is 0.232 e. The first-order valence-corrected chi connectivity index (χ1v) is 16.3. The van der Waals surface area contributed by atoms with E-state index in [4.69, 9.17) is 33.8 Å². The highest BCUT2D eigenvalue weighted by Gasteiger charge is 2.35. The lowest BCUT2D eigenvalue weighted by Gasteiger charge is -2.37. The molecule has 222 valence electrons. The van der Waals surface area contributed by atoms with Gasteiger partial charge in [0.05, 0.1) is 0 Å². The van der Waals surface area contributed by atoms with Crippen molar-refractivity contribution in [3.05, 3.63) is 71.2 Å². The van der Waals surface area contributed by atoms with Gasteiger partial charge in [0.2, 0.25) is 5.95 Å². The molecule has 3 aliphatic rings. The summed E-state index contributed by atoms with van der Waals surface area (Å²) in [6, 6.07) is 21.2. The van der Waals surface area contributed by atoms with Crippen molar-refractivity contribution >= 4 is 52.2 Å². The summed E-state index contributed by atoms with van der Waals surface area (Å²) in [5.74, 6) is 3.27. The number of nitrogens with one attached hydrogen (secondary N) is 2. The second kappa shape index (κ2) is 13.0. The van der Waals surface area contributed by atoms with Crippen molar-refractivity contribution in [2.75, 3.05) is 65.8 Å². The van der Waals surface area contributed by atoms with Crippen LogP contribution in [0.1, 0.15) is 51.0 Å². The summed E-state index contributed by atoms with van der Waals surface area (Å²) < 4.78 is 0. The number of para-hydroxylation sites is 1. The predicted molar refractivity (Wildman–Crippen MR) is 179 cm³/mol. The minimum Gasteiger partial charge on any atom is -0.368 e. The van der Waals surface area contributed by atoms with Crippen LogP contribution >= 0.6 is 23.8 Å². The van der Waals surface area contributed by atoms with E-state index < -0.39 is 0 Å². The summed E-state index contributed by atoms with van der Waals surface area (Å²) in [6.07, 6.45) is 7.11. The van der Waals surface area contributed by atoms with Crippen LogP contribution in [0.5, 0.6) is 0 Å². The molecule has 3 aromatic rings. The minimum atomic E-state index is 0.0626. The maximum absolute atomic E-state index is 6.19. The van der Waals surface area contributed by atoms with Crippen LogP contribution in [0.4, 0.5) is 23.3 Å². The van der Waals surface area contributed by atoms with Crippen LogP contribution < -0.4 is 25.3 Å². The summed E-state index contributed by atoms with van der Waals surface area (Å²) >= 11 is 12.0. The van der Waals surface area contributed by atoms with E-state index in [-0.39, 0.29) is 5.41 Å². The molecule has 2 N–H and O–H groups in total. The summed E-state index contributed by atoms with van der Waals surface area (Å²) in [7, 11) is 0. The third-order valence-electron chi connectivity index (χ3n) is 9.36. The molecule has 0 radical (unpaired) electrons. The summed E-state index contributed by atoms with van der Waals surface area (Å²) in [5, 5.41) is 8.23. The molecule has 2 aromatic carbocycles. The number of rotatable bonds is 7. The number of hydrogen-bond acceptors (Lipinski definition) is 6. The quantitative estimate of drug-likeness (QED) is 0.297. The first-order chi connectivity index (χ1) is 20.5. The average molecular weight is 604 g/mol. The number of anilines is 4. The van der Waals surface area contributed by atoms with E-state index in [2.05, 4.69) is 80.8 Å². The number of piperazine rings is 1. The third-order valence-corrected chi connectivity index (χ3v) is 9.86. The standard InChI is InChI=1S/C33H42ClN7S/c1-25-13-17-40(18-14-25)29-23-30(41-21-19-39(20-22-41)28-7-3-2-4-8-28)37-31(36-29)38-32(42)35-24-33(15-5-6-16-33)26-9-11-27(34)12-10-26/h2-4,7-12,23,25H,5-6,13-22,24H2,1H3,(H2,35,36,37,38,42). The molecule has 42 heavy (non-hydrogen) atoms. The van der Waals surface area contributed by atoms with E-state index >= 15 is 0 Å². The first-order valence-electron chi connectivity index (χ1n) is 15.5. The second-order valence-electron chi connectivity index (χ2n) is 12.2. The lowest BCUT2D eigenvalue weighted by atomic mass is 9.79. The Bertz CT molecular complexity index is 1330. The second-order valence-corrected chi connectivity index (χ2v) is 13.0. The highest BCUT2D eigenvalue weighted by atomic mass is 35.5. The summed E-state index contributed by atoms with van der Waals surface area (Å²) in [5.41, 5.74) is 2.67. The van der Waals surface area contributed by atoms with Gasteiger partial charge in [0.1, 0.15) is 11.6 Å². The van der Waals surface area contributed by atoms with Crippen molar-refractivity contribution in [1.29, 1.82) is 0 Å². The molecule has 3 fully saturated rings. The lowest BCUT2D eigenvalue weighted by Crippen LogP contribution is -2.47. The number of hydrogen-bond donors (Lipinski definition) is 2. The average Bonchev–Trinajstić information content (AvgIpc) is 3.51. The molecule has 1 saturated carbocycles. The summed E-state index contributed by atoms with van der Waals surface area (Å²) in [4.78, 5) is 17.2. The van der Waals surface area contributed by atoms with Gasteiger partial charge in [-0.3, -0.25) is 0 Å². The van der Waals surface area contributed by atoms with Gasteiger partial charge >= 0.3 is 0 Å². The number of nitrogens with zero attached hydrogens (tertiary/aromatic N) is 5. The Morgan fingerprint density at radius 2 is 1.45 bits per heavy atom. The molecule has 0 bridgehead atoms. The zero-order valence-corrected chi connectivity index (χ0v) is 26.1. The van der Waals surface area contributed by atoms with Gasteiger partial charge in [-0.25, -0.2) is 0 Å². The van der Waals surface area contributed by atoms with E-state index in [1.54, 1.807) is 0 Å². The first kappa shape index (κ1) is 29.0. The van der Waals surface area contributed by atoms with Crippen molar-refractivity contribution in [2.45, 2.75) is 50.9 Å². The van der Waals surface area contributed by atoms with Gasteiger partial charge in [-0.2, -0.15) is 9.97 Å². The zero-order valence-electron chi connectivity index (χ0n) is 24.6. The molecule has 7 nitrogen and oxygen atoms in total. The zero-order chi connectivity index (χ0) is 28.9. The van der Waals surface area contributed by atoms with E-state index in [9.17, 15) is 0 Å². The van der Waals surface area contributed by atoms with Crippen molar-refractivity contribution in [3.63, 3.8) is 0 Å². The minimum absolute atomic E-state index is 0.0626. The van der Waals surface area contributed by atoms with E-state index in [0.717, 1.165) is 81.2 Å². The molecular weight excluding hydrogens is 562 g/mol. The lowest BCUT2D eigenvalue weighted by molar-refractivity contribution is 0.435. The van der Waals surface area contributed by atoms with Crippen LogP contribution in [-0.4, -0.2) is 60.9 Å². The number of thiocarbonyl (C=S) groups is 1. The van der Waals surface area contributed by atoms with Crippen LogP contribution in [0.2, 0.25) is 5.02 Å². The van der Waals surface area contributed by atoms with Crippen molar-refractivity contribution < 1.29 is 0 Å². The van der Waals surface area contributed by atoms with Crippen LogP contribution in [-0.2, 0) is 5.41 Å². The van der Waals surface area contributed by atoms with Crippen molar-refractivity contribution in [1.82, 2.24) is 15.3 Å². The fraction of sp³-hybridized carbons (Fsp3) is 0.485. The maximum atomic E-state index is 6.19. The van der Waals surface area contributed by atoms with Gasteiger partial charge in [-0.05, 0) is 73.6 Å². The van der Waals surface area contributed by atoms with Crippen LogP contribution in [0, 0.1) is 5.92 Å². The van der Waals surface area contributed by atoms with Crippen molar-refractivity contribution in [3.8, 4) is 0 Å². The number of aromatic nitrogens is 2. The monoisotopic (exact) mass is 603 g/mol. The highest BCUT2D eigenvalue weighted by molar-refractivity contribution is 7.80. The molecule has 0 atom stereocenters. The normalized spacial score (nSPS) is 19.1. The Kier molecular flexibility index (Phi) is 9.00. The van der Waals surface area contributed by atoms with Crippen LogP contribution in [0.3, 0.4) is 0 Å². The van der Waals surface area contributed by atoms with E-state index in [1.807, 2.05) is 12.1 Å². The number of piperidine rings is 1. The third kappa shape index (κ3) is 6.76. The molecule has 2 aliphatic heterocycles. The van der Waals surface area contributed by atoms with Crippen LogP contribution in [0.25, 0.3) is 0 Å². The predicted octanol–water partition coefficient (Wildman–Crippen LogP) is 6.49. The van der Waals surface area contributed by atoms with Gasteiger partial charge in [-0.15, -0.1) is 0 Å². The molecule has 3 heterocycles. The SMILES string of the molecule is CC1CCN(c2cc(N3CCN(c4ccccc4)CC3)nc(NC(=S)NCC3(c4ccc(Cl)cc4)CCCC3)n2)CC1. The largest absolute Gasteiger partial charge is 0.368 e. The van der Waals surface area contributed by atoms with Gasteiger partial charge < -0.3 is 25.3 Å². The van der Waals surface area contributed by atoms with Gasteiger partial charge in [0, 0.05) is 68.0 Å². The molecule has 9 heteroatoms. The van der Waals surface area contributed by atoms with Gasteiger partial charge in [0.25, 0.3) is 0 Å². The van der Waals surface area contributed by atoms with E-state index in [1.165, 1.54) is 36.9 Å². The van der Waals surface area contributed by atoms with Gasteiger partial charge in [0.15, 0.2) is 5.11 Å². The van der Waals surface area contributed by atoms with Crippen LogP contribution in [0.15, 0.2) is 60.7 Å².